The SMILES string of the molecule is CC(C)(C)NCC[C@H]1CCC(CC(C)(C)NC[C@H]2CN(S(=O)(=O)C3CCC3)CCO2)CO1. The van der Waals surface area contributed by atoms with E-state index < -0.39 is 10.0 Å². The zero-order chi connectivity index (χ0) is 23.4. The first-order chi connectivity index (χ1) is 14.9. The second-order valence-electron chi connectivity index (χ2n) is 11.8. The van der Waals surface area contributed by atoms with Crippen molar-refractivity contribution in [2.24, 2.45) is 5.92 Å². The van der Waals surface area contributed by atoms with E-state index in [-0.39, 0.29) is 22.4 Å². The Bertz CT molecular complexity index is 680. The van der Waals surface area contributed by atoms with Gasteiger partial charge in [-0.2, -0.15) is 4.31 Å². The molecule has 2 N–H and O–H groups in total. The molecule has 2 saturated heterocycles. The van der Waals surface area contributed by atoms with Gasteiger partial charge in [0.25, 0.3) is 0 Å². The minimum Gasteiger partial charge on any atom is -0.378 e. The van der Waals surface area contributed by atoms with E-state index in [0.717, 1.165) is 51.7 Å². The average Bonchev–Trinajstić information content (AvgIpc) is 2.65. The minimum atomic E-state index is -3.15. The highest BCUT2D eigenvalue weighted by atomic mass is 32.2. The summed E-state index contributed by atoms with van der Waals surface area (Å²) in [6, 6.07) is 0. The van der Waals surface area contributed by atoms with Crippen molar-refractivity contribution >= 4 is 10.0 Å². The van der Waals surface area contributed by atoms with Crippen LogP contribution in [0.4, 0.5) is 0 Å². The van der Waals surface area contributed by atoms with Crippen LogP contribution in [0, 0.1) is 5.92 Å². The van der Waals surface area contributed by atoms with E-state index >= 15 is 0 Å². The molecule has 0 spiro atoms. The molecular weight excluding hydrogens is 426 g/mol. The van der Waals surface area contributed by atoms with Crippen LogP contribution in [0.1, 0.15) is 79.6 Å². The van der Waals surface area contributed by atoms with Gasteiger partial charge in [-0.15, -0.1) is 0 Å². The van der Waals surface area contributed by atoms with Crippen molar-refractivity contribution in [2.75, 3.05) is 39.4 Å². The molecule has 0 aromatic rings. The van der Waals surface area contributed by atoms with Crippen LogP contribution in [0.3, 0.4) is 0 Å². The van der Waals surface area contributed by atoms with Gasteiger partial charge >= 0.3 is 0 Å². The van der Waals surface area contributed by atoms with Gasteiger partial charge < -0.3 is 20.1 Å². The zero-order valence-corrected chi connectivity index (χ0v) is 21.8. The smallest absolute Gasteiger partial charge is 0.217 e. The molecule has 2 heterocycles. The highest BCUT2D eigenvalue weighted by molar-refractivity contribution is 7.89. The van der Waals surface area contributed by atoms with Gasteiger partial charge in [-0.05, 0) is 85.6 Å². The van der Waals surface area contributed by atoms with Crippen LogP contribution in [-0.2, 0) is 19.5 Å². The van der Waals surface area contributed by atoms with E-state index in [1.54, 1.807) is 4.31 Å². The van der Waals surface area contributed by atoms with Gasteiger partial charge in [0, 0.05) is 37.3 Å². The van der Waals surface area contributed by atoms with Crippen LogP contribution >= 0.6 is 0 Å². The topological polar surface area (TPSA) is 79.9 Å². The average molecular weight is 474 g/mol. The molecule has 0 radical (unpaired) electrons. The summed E-state index contributed by atoms with van der Waals surface area (Å²) in [5.74, 6) is 0.562. The third-order valence-electron chi connectivity index (χ3n) is 7.13. The molecule has 2 aliphatic heterocycles. The lowest BCUT2D eigenvalue weighted by atomic mass is 9.85. The maximum absolute atomic E-state index is 12.8. The summed E-state index contributed by atoms with van der Waals surface area (Å²) >= 11 is 0. The first kappa shape index (κ1) is 26.4. The number of nitrogens with zero attached hydrogens (tertiary/aromatic N) is 1. The van der Waals surface area contributed by atoms with Crippen LogP contribution in [0.2, 0.25) is 0 Å². The summed E-state index contributed by atoms with van der Waals surface area (Å²) in [5.41, 5.74) is 0.125. The van der Waals surface area contributed by atoms with E-state index in [1.807, 2.05) is 0 Å². The van der Waals surface area contributed by atoms with E-state index in [2.05, 4.69) is 45.3 Å². The summed E-state index contributed by atoms with van der Waals surface area (Å²) in [6.45, 7) is 15.0. The van der Waals surface area contributed by atoms with Crippen molar-refractivity contribution in [3.05, 3.63) is 0 Å². The molecule has 3 rings (SSSR count). The Morgan fingerprint density at radius 3 is 2.31 bits per heavy atom. The van der Waals surface area contributed by atoms with Crippen LogP contribution in [-0.4, -0.2) is 80.7 Å². The Balaban J connectivity index is 1.36. The fourth-order valence-corrected chi connectivity index (χ4v) is 7.02. The van der Waals surface area contributed by atoms with Gasteiger partial charge in [0.1, 0.15) is 0 Å². The molecule has 0 aromatic carbocycles. The number of ether oxygens (including phenoxy) is 2. The second kappa shape index (κ2) is 11.0. The molecular formula is C24H47N3O4S. The monoisotopic (exact) mass is 473 g/mol. The van der Waals surface area contributed by atoms with E-state index in [9.17, 15) is 8.42 Å². The normalized spacial score (nSPS) is 29.1. The Kier molecular flexibility index (Phi) is 9.06. The van der Waals surface area contributed by atoms with E-state index in [0.29, 0.717) is 38.3 Å². The van der Waals surface area contributed by atoms with Crippen LogP contribution in [0.15, 0.2) is 0 Å². The van der Waals surface area contributed by atoms with Gasteiger partial charge in [0.2, 0.25) is 10.0 Å². The summed E-state index contributed by atoms with van der Waals surface area (Å²) in [7, 11) is -3.15. The number of sulfonamides is 1. The number of nitrogens with one attached hydrogen (secondary N) is 2. The number of hydrogen-bond acceptors (Lipinski definition) is 6. The third kappa shape index (κ3) is 7.91. The predicted octanol–water partition coefficient (Wildman–Crippen LogP) is 2.90. The molecule has 0 aromatic heterocycles. The second-order valence-corrected chi connectivity index (χ2v) is 14.0. The molecule has 1 unspecified atom stereocenters. The molecule has 188 valence electrons. The van der Waals surface area contributed by atoms with Crippen molar-refractivity contribution in [1.29, 1.82) is 0 Å². The van der Waals surface area contributed by atoms with Crippen LogP contribution in [0.5, 0.6) is 0 Å². The van der Waals surface area contributed by atoms with E-state index in [4.69, 9.17) is 9.47 Å². The summed E-state index contributed by atoms with van der Waals surface area (Å²) in [6.07, 6.45) is 7.41. The Hall–Kier alpha value is -0.250. The van der Waals surface area contributed by atoms with Crippen molar-refractivity contribution in [3.63, 3.8) is 0 Å². The van der Waals surface area contributed by atoms with Crippen molar-refractivity contribution in [2.45, 2.75) is 108 Å². The molecule has 0 amide bonds. The Morgan fingerprint density at radius 2 is 1.72 bits per heavy atom. The molecule has 8 heteroatoms. The molecule has 7 nitrogen and oxygen atoms in total. The van der Waals surface area contributed by atoms with Crippen molar-refractivity contribution in [3.8, 4) is 0 Å². The molecule has 1 saturated carbocycles. The molecule has 32 heavy (non-hydrogen) atoms. The molecule has 3 atom stereocenters. The molecule has 3 fully saturated rings. The highest BCUT2D eigenvalue weighted by Gasteiger charge is 2.39. The zero-order valence-electron chi connectivity index (χ0n) is 21.0. The maximum Gasteiger partial charge on any atom is 0.217 e. The van der Waals surface area contributed by atoms with Crippen LogP contribution < -0.4 is 10.6 Å². The lowest BCUT2D eigenvalue weighted by Gasteiger charge is -2.39. The highest BCUT2D eigenvalue weighted by Crippen LogP contribution is 2.30. The fourth-order valence-electron chi connectivity index (χ4n) is 4.97. The molecule has 1 aliphatic carbocycles. The minimum absolute atomic E-state index is 0.0346. The Labute approximate surface area is 196 Å². The van der Waals surface area contributed by atoms with E-state index in [1.165, 1.54) is 6.42 Å². The number of rotatable bonds is 10. The standard InChI is InChI=1S/C24H47N3O4S/c1-23(2,3)25-12-11-20-10-9-19(18-31-20)15-24(4,5)26-16-21-17-27(13-14-30-21)32(28,29)22-7-6-8-22/h19-22,25-26H,6-18H2,1-5H3/t19?,20-,21+/m1/s1. The summed E-state index contributed by atoms with van der Waals surface area (Å²) < 4.78 is 39.2. The van der Waals surface area contributed by atoms with Gasteiger partial charge in [-0.3, -0.25) is 0 Å². The predicted molar refractivity (Wildman–Crippen MR) is 129 cm³/mol. The third-order valence-corrected chi connectivity index (χ3v) is 9.49. The van der Waals surface area contributed by atoms with Crippen molar-refractivity contribution < 1.29 is 17.9 Å². The van der Waals surface area contributed by atoms with Gasteiger partial charge in [-0.25, -0.2) is 8.42 Å². The lowest BCUT2D eigenvalue weighted by Crippen LogP contribution is -2.54. The van der Waals surface area contributed by atoms with Gasteiger partial charge in [-0.1, -0.05) is 6.42 Å². The molecule has 3 aliphatic rings. The van der Waals surface area contributed by atoms with Gasteiger partial charge in [0.05, 0.1) is 24.1 Å². The molecule has 0 bridgehead atoms. The quantitative estimate of drug-likeness (QED) is 0.508. The largest absolute Gasteiger partial charge is 0.378 e. The lowest BCUT2D eigenvalue weighted by molar-refractivity contribution is -0.0301. The van der Waals surface area contributed by atoms with Crippen molar-refractivity contribution in [1.82, 2.24) is 14.9 Å². The summed E-state index contributed by atoms with van der Waals surface area (Å²) in [5, 5.41) is 7.04. The fraction of sp³-hybridized carbons (Fsp3) is 1.00. The number of morpholine rings is 1. The number of hydrogen-bond donors (Lipinski definition) is 2. The first-order valence-corrected chi connectivity index (χ1v) is 14.2. The maximum atomic E-state index is 12.8. The van der Waals surface area contributed by atoms with Gasteiger partial charge in [0.15, 0.2) is 0 Å². The Morgan fingerprint density at radius 1 is 0.969 bits per heavy atom. The summed E-state index contributed by atoms with van der Waals surface area (Å²) in [4.78, 5) is 0. The first-order valence-electron chi connectivity index (χ1n) is 12.7. The van der Waals surface area contributed by atoms with Crippen LogP contribution in [0.25, 0.3) is 0 Å².